The van der Waals surface area contributed by atoms with Gasteiger partial charge in [-0.15, -0.1) is 11.3 Å². The van der Waals surface area contributed by atoms with E-state index >= 15 is 0 Å². The molecule has 190 valence electrons. The number of nitrogens with zero attached hydrogens (tertiary/aromatic N) is 2. The molecule has 0 unspecified atom stereocenters. The summed E-state index contributed by atoms with van der Waals surface area (Å²) in [5.41, 5.74) is 6.19. The first-order valence-electron chi connectivity index (χ1n) is 14.0. The minimum atomic E-state index is 1.18. The van der Waals surface area contributed by atoms with Crippen LogP contribution in [0.4, 0.5) is 0 Å². The molecule has 0 amide bonds. The van der Waals surface area contributed by atoms with E-state index in [4.69, 9.17) is 0 Å². The van der Waals surface area contributed by atoms with Crippen LogP contribution in [0, 0.1) is 0 Å². The van der Waals surface area contributed by atoms with E-state index in [1.807, 2.05) is 11.3 Å². The lowest BCUT2D eigenvalue weighted by Gasteiger charge is -2.14. The molecule has 0 spiro atoms. The van der Waals surface area contributed by atoms with Crippen LogP contribution in [0.5, 0.6) is 0 Å². The summed E-state index contributed by atoms with van der Waals surface area (Å²) >= 11 is 1.92. The van der Waals surface area contributed by atoms with Crippen LogP contribution in [0.2, 0.25) is 0 Å². The van der Waals surface area contributed by atoms with Gasteiger partial charge in [-0.05, 0) is 29.7 Å². The van der Waals surface area contributed by atoms with E-state index in [-0.39, 0.29) is 0 Å². The van der Waals surface area contributed by atoms with Gasteiger partial charge in [-0.25, -0.2) is 0 Å². The number of hydrogen-bond acceptors (Lipinski definition) is 1. The molecule has 2 nitrogen and oxygen atoms in total. The second-order valence-electron chi connectivity index (χ2n) is 10.9. The maximum atomic E-state index is 2.49. The number of aromatic nitrogens is 2. The summed E-state index contributed by atoms with van der Waals surface area (Å²) in [5.74, 6) is 0. The van der Waals surface area contributed by atoms with E-state index in [1.165, 1.54) is 85.6 Å². The quantitative estimate of drug-likeness (QED) is 0.184. The van der Waals surface area contributed by atoms with Gasteiger partial charge in [0.2, 0.25) is 0 Å². The predicted molar refractivity (Wildman–Crippen MR) is 177 cm³/mol. The monoisotopic (exact) mass is 538 g/mol. The summed E-state index contributed by atoms with van der Waals surface area (Å²) in [6.45, 7) is 0. The Hall–Kier alpha value is -5.12. The van der Waals surface area contributed by atoms with Gasteiger partial charge in [-0.1, -0.05) is 103 Å². The highest BCUT2D eigenvalue weighted by Crippen LogP contribution is 2.46. The molecule has 10 aromatic rings. The molecule has 0 saturated heterocycles. The number of fused-ring (bicyclic) bond motifs is 16. The average Bonchev–Trinajstić information content (AvgIpc) is 3.71. The maximum Gasteiger partial charge on any atom is 0.0788 e. The van der Waals surface area contributed by atoms with Gasteiger partial charge < -0.3 is 8.97 Å². The minimum absolute atomic E-state index is 1.18. The summed E-state index contributed by atoms with van der Waals surface area (Å²) in [7, 11) is 0. The smallest absolute Gasteiger partial charge is 0.0788 e. The fourth-order valence-electron chi connectivity index (χ4n) is 7.19. The second-order valence-corrected chi connectivity index (χ2v) is 12.0. The van der Waals surface area contributed by atoms with Gasteiger partial charge >= 0.3 is 0 Å². The molecule has 0 aliphatic rings. The summed E-state index contributed by atoms with van der Waals surface area (Å²) < 4.78 is 7.65. The molecule has 0 aliphatic heterocycles. The summed E-state index contributed by atoms with van der Waals surface area (Å²) in [6.07, 6.45) is 2.35. The van der Waals surface area contributed by atoms with E-state index in [0.29, 0.717) is 0 Å². The Morgan fingerprint density at radius 2 is 1.10 bits per heavy atom. The van der Waals surface area contributed by atoms with Gasteiger partial charge in [0, 0.05) is 64.4 Å². The molecule has 10 rings (SSSR count). The molecule has 0 atom stereocenters. The maximum absolute atomic E-state index is 2.49. The van der Waals surface area contributed by atoms with E-state index in [0.717, 1.165) is 0 Å². The zero-order valence-electron chi connectivity index (χ0n) is 22.0. The molecule has 0 aliphatic carbocycles. The van der Waals surface area contributed by atoms with E-state index < -0.39 is 0 Å². The first-order valence-corrected chi connectivity index (χ1v) is 14.9. The van der Waals surface area contributed by atoms with Gasteiger partial charge in [-0.3, -0.25) is 0 Å². The van der Waals surface area contributed by atoms with Crippen LogP contribution in [0.15, 0.2) is 134 Å². The molecule has 0 fully saturated rings. The van der Waals surface area contributed by atoms with Crippen molar-refractivity contribution in [1.29, 1.82) is 0 Å². The van der Waals surface area contributed by atoms with Crippen LogP contribution in [0.1, 0.15) is 0 Å². The van der Waals surface area contributed by atoms with Crippen molar-refractivity contribution in [2.24, 2.45) is 0 Å². The lowest BCUT2D eigenvalue weighted by Crippen LogP contribution is -1.97. The Kier molecular flexibility index (Phi) is 4.10. The Labute approximate surface area is 238 Å². The molecule has 3 heteroatoms. The number of para-hydroxylation sites is 2. The molecule has 0 saturated carbocycles. The molecule has 4 aromatic heterocycles. The van der Waals surface area contributed by atoms with Gasteiger partial charge in [0.25, 0.3) is 0 Å². The molecule has 41 heavy (non-hydrogen) atoms. The van der Waals surface area contributed by atoms with Crippen molar-refractivity contribution in [3.63, 3.8) is 0 Å². The van der Waals surface area contributed by atoms with Crippen molar-refractivity contribution in [3.8, 4) is 5.69 Å². The number of hydrogen-bond donors (Lipinski definition) is 0. The van der Waals surface area contributed by atoms with Crippen LogP contribution in [-0.2, 0) is 0 Å². The Morgan fingerprint density at radius 3 is 1.98 bits per heavy atom. The van der Waals surface area contributed by atoms with Crippen molar-refractivity contribution in [1.82, 2.24) is 8.97 Å². The zero-order valence-corrected chi connectivity index (χ0v) is 22.8. The van der Waals surface area contributed by atoms with E-state index in [1.54, 1.807) is 0 Å². The zero-order chi connectivity index (χ0) is 26.7. The fraction of sp³-hybridized carbons (Fsp3) is 0. The van der Waals surface area contributed by atoms with Crippen LogP contribution < -0.4 is 0 Å². The SMILES string of the molecule is c1ccc(-n2c3ccccc3c3ccc4c5ccc6c7ccccc7sc6c5c5c6ccccc6cn5c4c32)cc1. The number of pyridine rings is 1. The number of thiophene rings is 1. The molecule has 0 bridgehead atoms. The lowest BCUT2D eigenvalue weighted by atomic mass is 9.99. The third-order valence-electron chi connectivity index (χ3n) is 8.86. The summed E-state index contributed by atoms with van der Waals surface area (Å²) in [6, 6.07) is 46.7. The van der Waals surface area contributed by atoms with Crippen molar-refractivity contribution < 1.29 is 0 Å². The molecule has 4 heterocycles. The van der Waals surface area contributed by atoms with Gasteiger partial charge in [0.05, 0.1) is 22.1 Å². The fourth-order valence-corrected chi connectivity index (χ4v) is 8.44. The number of rotatable bonds is 1. The third-order valence-corrected chi connectivity index (χ3v) is 10.1. The summed E-state index contributed by atoms with van der Waals surface area (Å²) in [5, 5.41) is 11.7. The van der Waals surface area contributed by atoms with Crippen molar-refractivity contribution in [3.05, 3.63) is 134 Å². The molecule has 0 radical (unpaired) electrons. The first-order chi connectivity index (χ1) is 20.4. The topological polar surface area (TPSA) is 9.34 Å². The van der Waals surface area contributed by atoms with Gasteiger partial charge in [0.1, 0.15) is 0 Å². The van der Waals surface area contributed by atoms with Crippen molar-refractivity contribution in [2.45, 2.75) is 0 Å². The Morgan fingerprint density at radius 1 is 0.439 bits per heavy atom. The average molecular weight is 539 g/mol. The Bertz CT molecular complexity index is 2690. The van der Waals surface area contributed by atoms with Crippen LogP contribution in [-0.4, -0.2) is 8.97 Å². The normalized spacial score (nSPS) is 12.4. The molecule has 0 N–H and O–H groups in total. The lowest BCUT2D eigenvalue weighted by molar-refractivity contribution is 1.17. The van der Waals surface area contributed by atoms with Crippen LogP contribution in [0.3, 0.4) is 0 Å². The minimum Gasteiger partial charge on any atom is -0.313 e. The standard InChI is InChI=1S/C38H22N2S/c1-2-11-24(12-3-1)40-32-16-8-6-14-26(32)29-19-20-30-28-18-21-31-27-15-7-9-17-33(27)41-38(31)34(28)35-25-13-5-4-10-23(25)22-39(35)36(30)37(29)40/h1-22H. The Balaban J connectivity index is 1.55. The van der Waals surface area contributed by atoms with Gasteiger partial charge in [0.15, 0.2) is 0 Å². The molecule has 6 aromatic carbocycles. The number of benzene rings is 6. The van der Waals surface area contributed by atoms with Crippen molar-refractivity contribution in [2.75, 3.05) is 0 Å². The molecular formula is C38H22N2S. The first kappa shape index (κ1) is 21.7. The van der Waals surface area contributed by atoms with Gasteiger partial charge in [-0.2, -0.15) is 0 Å². The summed E-state index contributed by atoms with van der Waals surface area (Å²) in [4.78, 5) is 0. The van der Waals surface area contributed by atoms with Crippen LogP contribution >= 0.6 is 11.3 Å². The largest absolute Gasteiger partial charge is 0.313 e. The van der Waals surface area contributed by atoms with Crippen LogP contribution in [0.25, 0.3) is 85.6 Å². The molecular weight excluding hydrogens is 516 g/mol. The highest BCUT2D eigenvalue weighted by Gasteiger charge is 2.22. The second kappa shape index (κ2) is 7.75. The third kappa shape index (κ3) is 2.71. The van der Waals surface area contributed by atoms with Crippen molar-refractivity contribution >= 4 is 91.3 Å². The van der Waals surface area contributed by atoms with E-state index in [2.05, 4.69) is 143 Å². The highest BCUT2D eigenvalue weighted by atomic mass is 32.1. The highest BCUT2D eigenvalue weighted by molar-refractivity contribution is 7.26. The predicted octanol–water partition coefficient (Wildman–Crippen LogP) is 10.9. The van der Waals surface area contributed by atoms with E-state index in [9.17, 15) is 0 Å².